The Labute approximate surface area is 101 Å². The minimum Gasteiger partial charge on any atom is -0.477 e. The lowest BCUT2D eigenvalue weighted by Crippen LogP contribution is -2.10. The highest BCUT2D eigenvalue weighted by molar-refractivity contribution is 5.85. The van der Waals surface area contributed by atoms with Gasteiger partial charge in [0.15, 0.2) is 5.69 Å². The maximum Gasteiger partial charge on any atom is 0.354 e. The van der Waals surface area contributed by atoms with Crippen LogP contribution < -0.4 is 5.32 Å². The first-order chi connectivity index (χ1) is 8.13. The number of rotatable bonds is 7. The lowest BCUT2D eigenvalue weighted by atomic mass is 10.1. The van der Waals surface area contributed by atoms with Crippen LogP contribution in [0.25, 0.3) is 0 Å². The first-order valence-electron chi connectivity index (χ1n) is 5.68. The van der Waals surface area contributed by atoms with Crippen molar-refractivity contribution in [2.45, 2.75) is 19.8 Å². The Morgan fingerprint density at radius 3 is 2.88 bits per heavy atom. The molecule has 1 heterocycles. The Morgan fingerprint density at radius 1 is 1.47 bits per heavy atom. The summed E-state index contributed by atoms with van der Waals surface area (Å²) in [4.78, 5) is 14.7. The highest BCUT2D eigenvalue weighted by atomic mass is 16.4. The van der Waals surface area contributed by atoms with E-state index in [4.69, 9.17) is 10.2 Å². The summed E-state index contributed by atoms with van der Waals surface area (Å²) in [5, 5.41) is 20.6. The third kappa shape index (κ3) is 4.82. The number of aliphatic hydroxyl groups is 1. The quantitative estimate of drug-likeness (QED) is 0.672. The van der Waals surface area contributed by atoms with Gasteiger partial charge in [-0.3, -0.25) is 0 Å². The molecule has 0 radical (unpaired) electrons. The van der Waals surface area contributed by atoms with Gasteiger partial charge in [0.05, 0.1) is 0 Å². The number of hydrogen-bond donors (Lipinski definition) is 3. The summed E-state index contributed by atoms with van der Waals surface area (Å²) in [7, 11) is 0. The number of aliphatic hydroxyl groups excluding tert-OH is 1. The summed E-state index contributed by atoms with van der Waals surface area (Å²) >= 11 is 0. The molecule has 1 atom stereocenters. The Morgan fingerprint density at radius 2 is 2.24 bits per heavy atom. The van der Waals surface area contributed by atoms with E-state index in [1.807, 2.05) is 0 Å². The molecule has 0 aliphatic rings. The van der Waals surface area contributed by atoms with Gasteiger partial charge in [-0.25, -0.2) is 9.78 Å². The maximum absolute atomic E-state index is 10.7. The van der Waals surface area contributed by atoms with Crippen LogP contribution in [0, 0.1) is 5.92 Å². The minimum atomic E-state index is -1.03. The van der Waals surface area contributed by atoms with Crippen molar-refractivity contribution < 1.29 is 15.0 Å². The van der Waals surface area contributed by atoms with E-state index in [-0.39, 0.29) is 12.3 Å². The molecule has 1 rings (SSSR count). The van der Waals surface area contributed by atoms with Crippen molar-refractivity contribution in [1.29, 1.82) is 0 Å². The number of nitrogens with one attached hydrogen (secondary N) is 1. The van der Waals surface area contributed by atoms with Crippen molar-refractivity contribution in [3.05, 3.63) is 23.9 Å². The van der Waals surface area contributed by atoms with E-state index in [2.05, 4.69) is 17.2 Å². The zero-order valence-electron chi connectivity index (χ0n) is 9.89. The fraction of sp³-hybridized carbons (Fsp3) is 0.500. The molecular weight excluding hydrogens is 220 g/mol. The summed E-state index contributed by atoms with van der Waals surface area (Å²) in [6.45, 7) is 2.99. The molecule has 5 nitrogen and oxygen atoms in total. The van der Waals surface area contributed by atoms with E-state index in [0.717, 1.165) is 19.4 Å². The molecule has 0 saturated carbocycles. The minimum absolute atomic E-state index is 0.0402. The summed E-state index contributed by atoms with van der Waals surface area (Å²) in [5.74, 6) is -0.0152. The average Bonchev–Trinajstić information content (AvgIpc) is 2.30. The van der Waals surface area contributed by atoms with Crippen LogP contribution in [0.3, 0.4) is 0 Å². The molecule has 0 amide bonds. The number of pyridine rings is 1. The predicted octanol–water partition coefficient (Wildman–Crippen LogP) is 1.60. The molecular formula is C12H18N2O3. The number of aromatic nitrogens is 1. The Hall–Kier alpha value is -1.62. The molecule has 5 heteroatoms. The third-order valence-electron chi connectivity index (χ3n) is 2.53. The molecule has 1 aromatic heterocycles. The van der Waals surface area contributed by atoms with Crippen molar-refractivity contribution in [2.24, 2.45) is 5.92 Å². The van der Waals surface area contributed by atoms with Crippen molar-refractivity contribution >= 4 is 11.8 Å². The van der Waals surface area contributed by atoms with Crippen LogP contribution in [0.2, 0.25) is 0 Å². The van der Waals surface area contributed by atoms with E-state index in [0.29, 0.717) is 11.7 Å². The zero-order valence-corrected chi connectivity index (χ0v) is 9.89. The summed E-state index contributed by atoms with van der Waals surface area (Å²) in [6, 6.07) is 4.86. The van der Waals surface area contributed by atoms with Gasteiger partial charge in [0, 0.05) is 13.2 Å². The lowest BCUT2D eigenvalue weighted by molar-refractivity contribution is 0.0690. The van der Waals surface area contributed by atoms with Gasteiger partial charge >= 0.3 is 5.97 Å². The predicted molar refractivity (Wildman–Crippen MR) is 65.2 cm³/mol. The summed E-state index contributed by atoms with van der Waals surface area (Å²) in [6.07, 6.45) is 1.70. The molecule has 0 aliphatic heterocycles. The molecule has 0 aromatic carbocycles. The average molecular weight is 238 g/mol. The normalized spacial score (nSPS) is 12.1. The van der Waals surface area contributed by atoms with Crippen molar-refractivity contribution in [1.82, 2.24) is 4.98 Å². The number of anilines is 1. The van der Waals surface area contributed by atoms with Gasteiger partial charge in [0.2, 0.25) is 0 Å². The molecule has 94 valence electrons. The second-order valence-electron chi connectivity index (χ2n) is 4.05. The van der Waals surface area contributed by atoms with Crippen LogP contribution in [0.15, 0.2) is 18.2 Å². The van der Waals surface area contributed by atoms with Crippen molar-refractivity contribution in [3.8, 4) is 0 Å². The highest BCUT2D eigenvalue weighted by Gasteiger charge is 2.05. The Bertz CT molecular complexity index is 369. The highest BCUT2D eigenvalue weighted by Crippen LogP contribution is 2.09. The largest absolute Gasteiger partial charge is 0.477 e. The zero-order chi connectivity index (χ0) is 12.7. The molecule has 17 heavy (non-hydrogen) atoms. The molecule has 0 bridgehead atoms. The lowest BCUT2D eigenvalue weighted by Gasteiger charge is -2.10. The molecule has 0 saturated heterocycles. The first-order valence-corrected chi connectivity index (χ1v) is 5.68. The number of carboxylic acids is 1. The van der Waals surface area contributed by atoms with Crippen LogP contribution >= 0.6 is 0 Å². The maximum atomic E-state index is 10.7. The van der Waals surface area contributed by atoms with E-state index in [1.165, 1.54) is 6.07 Å². The van der Waals surface area contributed by atoms with Crippen molar-refractivity contribution in [2.75, 3.05) is 18.5 Å². The number of nitrogens with zero attached hydrogens (tertiary/aromatic N) is 1. The van der Waals surface area contributed by atoms with E-state index in [1.54, 1.807) is 12.1 Å². The fourth-order valence-electron chi connectivity index (χ4n) is 1.46. The van der Waals surface area contributed by atoms with E-state index in [9.17, 15) is 4.79 Å². The van der Waals surface area contributed by atoms with Crippen LogP contribution in [0.4, 0.5) is 5.82 Å². The SMILES string of the molecule is CC(CCO)CCNc1cccc(C(=O)O)n1. The van der Waals surface area contributed by atoms with Gasteiger partial charge in [-0.1, -0.05) is 13.0 Å². The van der Waals surface area contributed by atoms with Crippen LogP contribution in [-0.2, 0) is 0 Å². The van der Waals surface area contributed by atoms with Crippen molar-refractivity contribution in [3.63, 3.8) is 0 Å². The van der Waals surface area contributed by atoms with Crippen LogP contribution in [0.1, 0.15) is 30.3 Å². The number of aromatic carboxylic acids is 1. The molecule has 0 spiro atoms. The summed E-state index contributed by atoms with van der Waals surface area (Å²) in [5.41, 5.74) is 0.0402. The standard InChI is InChI=1S/C12H18N2O3/c1-9(6-8-15)5-7-13-11-4-2-3-10(14-11)12(16)17/h2-4,9,15H,5-8H2,1H3,(H,13,14)(H,16,17). The molecule has 0 fully saturated rings. The van der Waals surface area contributed by atoms with Gasteiger partial charge in [0.25, 0.3) is 0 Å². The smallest absolute Gasteiger partial charge is 0.354 e. The second kappa shape index (κ2) is 6.85. The van der Waals surface area contributed by atoms with E-state index >= 15 is 0 Å². The van der Waals surface area contributed by atoms with E-state index < -0.39 is 5.97 Å². The number of carboxylic acid groups (broad SMARTS) is 1. The molecule has 3 N–H and O–H groups in total. The number of carbonyl (C=O) groups is 1. The Kier molecular flexibility index (Phi) is 5.42. The number of hydrogen-bond acceptors (Lipinski definition) is 4. The molecule has 0 aliphatic carbocycles. The van der Waals surface area contributed by atoms with Crippen LogP contribution in [0.5, 0.6) is 0 Å². The van der Waals surface area contributed by atoms with Gasteiger partial charge in [-0.05, 0) is 30.9 Å². The fourth-order valence-corrected chi connectivity index (χ4v) is 1.46. The van der Waals surface area contributed by atoms with Gasteiger partial charge in [-0.2, -0.15) is 0 Å². The molecule has 1 aromatic rings. The summed E-state index contributed by atoms with van der Waals surface area (Å²) < 4.78 is 0. The Balaban J connectivity index is 2.41. The second-order valence-corrected chi connectivity index (χ2v) is 4.05. The van der Waals surface area contributed by atoms with Crippen LogP contribution in [-0.4, -0.2) is 34.3 Å². The van der Waals surface area contributed by atoms with Gasteiger partial charge in [0.1, 0.15) is 5.82 Å². The topological polar surface area (TPSA) is 82.5 Å². The van der Waals surface area contributed by atoms with Gasteiger partial charge < -0.3 is 15.5 Å². The van der Waals surface area contributed by atoms with Gasteiger partial charge in [-0.15, -0.1) is 0 Å². The molecule has 1 unspecified atom stereocenters. The third-order valence-corrected chi connectivity index (χ3v) is 2.53. The monoisotopic (exact) mass is 238 g/mol. The first kappa shape index (κ1) is 13.4.